The van der Waals surface area contributed by atoms with Crippen molar-refractivity contribution in [3.8, 4) is 5.88 Å². The molecule has 0 fully saturated rings. The molecule has 0 aromatic carbocycles. The van der Waals surface area contributed by atoms with Gasteiger partial charge in [0.05, 0.1) is 6.61 Å². The summed E-state index contributed by atoms with van der Waals surface area (Å²) < 4.78 is 7.54. The minimum Gasteiger partial charge on any atom is -0.477 e. The summed E-state index contributed by atoms with van der Waals surface area (Å²) in [4.78, 5) is 0. The van der Waals surface area contributed by atoms with Crippen molar-refractivity contribution in [2.45, 2.75) is 45.6 Å². The predicted molar refractivity (Wildman–Crippen MR) is 66.3 cm³/mol. The second-order valence-corrected chi connectivity index (χ2v) is 11.0. The molecule has 0 aliphatic rings. The summed E-state index contributed by atoms with van der Waals surface area (Å²) in [5, 5.41) is 4.34. The van der Waals surface area contributed by atoms with Gasteiger partial charge in [-0.15, -0.1) is 5.10 Å². The van der Waals surface area contributed by atoms with Crippen LogP contribution in [0, 0.1) is 0 Å². The van der Waals surface area contributed by atoms with Crippen molar-refractivity contribution in [2.75, 3.05) is 6.61 Å². The van der Waals surface area contributed by atoms with Crippen LogP contribution in [0.2, 0.25) is 25.7 Å². The fraction of sp³-hybridized carbons (Fsp3) is 0.727. The minimum atomic E-state index is -0.986. The van der Waals surface area contributed by atoms with E-state index in [0.29, 0.717) is 6.04 Å². The van der Waals surface area contributed by atoms with Crippen LogP contribution in [0.5, 0.6) is 5.88 Å². The molecule has 0 unspecified atom stereocenters. The van der Waals surface area contributed by atoms with E-state index >= 15 is 0 Å². The van der Waals surface area contributed by atoms with Gasteiger partial charge in [0.1, 0.15) is 0 Å². The molecular weight excluding hydrogens is 204 g/mol. The van der Waals surface area contributed by atoms with Gasteiger partial charge < -0.3 is 4.74 Å². The minimum absolute atomic E-state index is 0.402. The van der Waals surface area contributed by atoms with Gasteiger partial charge in [-0.3, -0.25) is 4.68 Å². The van der Waals surface area contributed by atoms with Crippen LogP contribution >= 0.6 is 0 Å². The van der Waals surface area contributed by atoms with Crippen molar-refractivity contribution >= 4 is 8.07 Å². The molecule has 4 heteroatoms. The fourth-order valence-electron chi connectivity index (χ4n) is 1.15. The first kappa shape index (κ1) is 12.3. The third kappa shape index (κ3) is 4.51. The topological polar surface area (TPSA) is 27.1 Å². The Bertz CT molecular complexity index is 302. The van der Waals surface area contributed by atoms with Crippen molar-refractivity contribution in [1.29, 1.82) is 0 Å². The maximum atomic E-state index is 5.62. The molecule has 0 bridgehead atoms. The van der Waals surface area contributed by atoms with Crippen molar-refractivity contribution in [1.82, 2.24) is 9.78 Å². The smallest absolute Gasteiger partial charge is 0.232 e. The summed E-state index contributed by atoms with van der Waals surface area (Å²) in [6.07, 6.45) is 1.97. The zero-order chi connectivity index (χ0) is 11.5. The van der Waals surface area contributed by atoms with Gasteiger partial charge in [0.15, 0.2) is 0 Å². The fourth-order valence-corrected chi connectivity index (χ4v) is 1.86. The quantitative estimate of drug-likeness (QED) is 0.721. The Balaban J connectivity index is 2.38. The van der Waals surface area contributed by atoms with Gasteiger partial charge >= 0.3 is 0 Å². The second-order valence-electron chi connectivity index (χ2n) is 5.39. The largest absolute Gasteiger partial charge is 0.477 e. The molecular formula is C11H22N2OSi. The molecule has 1 heterocycles. The molecule has 0 aliphatic carbocycles. The first-order valence-electron chi connectivity index (χ1n) is 5.56. The number of ether oxygens (including phenoxy) is 1. The maximum Gasteiger partial charge on any atom is 0.232 e. The Labute approximate surface area is 93.5 Å². The monoisotopic (exact) mass is 226 g/mol. The van der Waals surface area contributed by atoms with E-state index in [1.165, 1.54) is 6.04 Å². The normalized spacial score (nSPS) is 12.1. The lowest BCUT2D eigenvalue weighted by Crippen LogP contribution is -2.22. The van der Waals surface area contributed by atoms with Crippen molar-refractivity contribution in [3.05, 3.63) is 12.3 Å². The highest BCUT2D eigenvalue weighted by atomic mass is 28.3. The Morgan fingerprint density at radius 1 is 1.40 bits per heavy atom. The van der Waals surface area contributed by atoms with Gasteiger partial charge in [-0.1, -0.05) is 19.6 Å². The summed E-state index contributed by atoms with van der Waals surface area (Å²) in [7, 11) is -0.986. The summed E-state index contributed by atoms with van der Waals surface area (Å²) in [5.74, 6) is 0.752. The lowest BCUT2D eigenvalue weighted by molar-refractivity contribution is 0.317. The molecule has 0 aliphatic heterocycles. The molecule has 1 aromatic rings. The third-order valence-corrected chi connectivity index (χ3v) is 3.92. The van der Waals surface area contributed by atoms with Gasteiger partial charge in [-0.2, -0.15) is 0 Å². The SMILES string of the molecule is CC(C)n1ccc(OCC[Si](C)(C)C)n1. The van der Waals surface area contributed by atoms with E-state index in [1.54, 1.807) is 0 Å². The lowest BCUT2D eigenvalue weighted by atomic mass is 10.4. The average Bonchev–Trinajstić information content (AvgIpc) is 2.50. The van der Waals surface area contributed by atoms with Crippen LogP contribution in [0.3, 0.4) is 0 Å². The summed E-state index contributed by atoms with van der Waals surface area (Å²) in [6.45, 7) is 12.1. The number of hydrogen-bond donors (Lipinski definition) is 0. The summed E-state index contributed by atoms with van der Waals surface area (Å²) in [6, 6.07) is 3.52. The molecule has 0 spiro atoms. The van der Waals surface area contributed by atoms with Crippen molar-refractivity contribution in [2.24, 2.45) is 0 Å². The van der Waals surface area contributed by atoms with Gasteiger partial charge in [0, 0.05) is 26.4 Å². The van der Waals surface area contributed by atoms with Gasteiger partial charge in [0.2, 0.25) is 5.88 Å². The zero-order valence-electron chi connectivity index (χ0n) is 10.4. The Hall–Kier alpha value is -0.773. The van der Waals surface area contributed by atoms with Crippen LogP contribution in [-0.4, -0.2) is 24.5 Å². The average molecular weight is 226 g/mol. The molecule has 0 saturated carbocycles. The standard InChI is InChI=1S/C11H22N2OSi/c1-10(2)13-7-6-11(12-13)14-8-9-15(3,4)5/h6-7,10H,8-9H2,1-5H3. The number of rotatable bonds is 5. The first-order chi connectivity index (χ1) is 6.88. The second kappa shape index (κ2) is 4.83. The molecule has 1 rings (SSSR count). The Morgan fingerprint density at radius 2 is 2.07 bits per heavy atom. The molecule has 0 atom stereocenters. The zero-order valence-corrected chi connectivity index (χ0v) is 11.4. The number of aromatic nitrogens is 2. The maximum absolute atomic E-state index is 5.62. The number of hydrogen-bond acceptors (Lipinski definition) is 2. The van der Waals surface area contributed by atoms with Crippen LogP contribution in [0.15, 0.2) is 12.3 Å². The molecule has 1 aromatic heterocycles. The highest BCUT2D eigenvalue weighted by Gasteiger charge is 2.13. The highest BCUT2D eigenvalue weighted by Crippen LogP contribution is 2.13. The van der Waals surface area contributed by atoms with Crippen LogP contribution in [-0.2, 0) is 0 Å². The van der Waals surface area contributed by atoms with Crippen LogP contribution in [0.4, 0.5) is 0 Å². The molecule has 0 saturated heterocycles. The highest BCUT2D eigenvalue weighted by molar-refractivity contribution is 6.76. The molecule has 0 radical (unpaired) electrons. The summed E-state index contributed by atoms with van der Waals surface area (Å²) in [5.41, 5.74) is 0. The summed E-state index contributed by atoms with van der Waals surface area (Å²) >= 11 is 0. The molecule has 3 nitrogen and oxygen atoms in total. The van der Waals surface area contributed by atoms with E-state index in [9.17, 15) is 0 Å². The van der Waals surface area contributed by atoms with E-state index in [2.05, 4.69) is 38.6 Å². The Kier molecular flexibility index (Phi) is 3.96. The molecule has 0 amide bonds. The molecule has 86 valence electrons. The van der Waals surface area contributed by atoms with E-state index < -0.39 is 8.07 Å². The van der Waals surface area contributed by atoms with E-state index in [4.69, 9.17) is 4.74 Å². The third-order valence-electron chi connectivity index (χ3n) is 2.21. The van der Waals surface area contributed by atoms with Gasteiger partial charge in [-0.25, -0.2) is 0 Å². The Morgan fingerprint density at radius 3 is 2.53 bits per heavy atom. The molecule has 0 N–H and O–H groups in total. The van der Waals surface area contributed by atoms with E-state index in [0.717, 1.165) is 12.5 Å². The van der Waals surface area contributed by atoms with Gasteiger partial charge in [0.25, 0.3) is 0 Å². The van der Waals surface area contributed by atoms with Crippen molar-refractivity contribution < 1.29 is 4.74 Å². The lowest BCUT2D eigenvalue weighted by Gasteiger charge is -2.14. The van der Waals surface area contributed by atoms with E-state index in [-0.39, 0.29) is 0 Å². The molecule has 15 heavy (non-hydrogen) atoms. The predicted octanol–water partition coefficient (Wildman–Crippen LogP) is 3.18. The van der Waals surface area contributed by atoms with Crippen molar-refractivity contribution in [3.63, 3.8) is 0 Å². The van der Waals surface area contributed by atoms with E-state index in [1.807, 2.05) is 16.9 Å². The van der Waals surface area contributed by atoms with Crippen LogP contribution < -0.4 is 4.74 Å². The first-order valence-corrected chi connectivity index (χ1v) is 9.27. The van der Waals surface area contributed by atoms with Gasteiger partial charge in [-0.05, 0) is 19.9 Å². The van der Waals surface area contributed by atoms with Crippen LogP contribution in [0.25, 0.3) is 0 Å². The van der Waals surface area contributed by atoms with Crippen LogP contribution in [0.1, 0.15) is 19.9 Å². The number of nitrogens with zero attached hydrogens (tertiary/aromatic N) is 2.